The van der Waals surface area contributed by atoms with Gasteiger partial charge in [0.2, 0.25) is 0 Å². The van der Waals surface area contributed by atoms with Crippen LogP contribution in [-0.2, 0) is 20.9 Å². The number of allylic oxidation sites excluding steroid dienone is 1. The molecule has 0 N–H and O–H groups in total. The Labute approximate surface area is 164 Å². The Morgan fingerprint density at radius 2 is 1.81 bits per heavy atom. The van der Waals surface area contributed by atoms with Crippen LogP contribution >= 0.6 is 11.6 Å². The monoisotopic (exact) mass is 382 g/mol. The van der Waals surface area contributed by atoms with Crippen molar-refractivity contribution in [3.8, 4) is 0 Å². The smallest absolute Gasteiger partial charge is 0.173 e. The minimum Gasteiger partial charge on any atom is -0.496 e. The highest BCUT2D eigenvalue weighted by Gasteiger charge is 2.40. The highest BCUT2D eigenvalue weighted by Crippen LogP contribution is 2.37. The Morgan fingerprint density at radius 1 is 1.07 bits per heavy atom. The van der Waals surface area contributed by atoms with Crippen LogP contribution in [0.25, 0.3) is 5.57 Å². The zero-order chi connectivity index (χ0) is 18.8. The number of ketones is 1. The number of hydrogen-bond acceptors (Lipinski definition) is 3. The molecule has 3 nitrogen and oxygen atoms in total. The van der Waals surface area contributed by atoms with Crippen molar-refractivity contribution in [3.05, 3.63) is 76.5 Å². The van der Waals surface area contributed by atoms with Gasteiger partial charge in [0.05, 0.1) is 30.5 Å². The molecule has 2 aromatic rings. The predicted octanol–water partition coefficient (Wildman–Crippen LogP) is 5.34. The first-order valence-electron chi connectivity index (χ1n) is 9.43. The molecule has 1 fully saturated rings. The highest BCUT2D eigenvalue weighted by molar-refractivity contribution is 6.30. The van der Waals surface area contributed by atoms with E-state index in [1.165, 1.54) is 11.1 Å². The maximum Gasteiger partial charge on any atom is 0.173 e. The Kier molecular flexibility index (Phi) is 5.33. The summed E-state index contributed by atoms with van der Waals surface area (Å²) >= 11 is 5.95. The molecule has 2 aromatic carbocycles. The van der Waals surface area contributed by atoms with Gasteiger partial charge in [0, 0.05) is 11.4 Å². The van der Waals surface area contributed by atoms with Crippen LogP contribution in [0.15, 0.2) is 54.8 Å². The van der Waals surface area contributed by atoms with E-state index in [1.807, 2.05) is 12.1 Å². The first-order chi connectivity index (χ1) is 13.1. The van der Waals surface area contributed by atoms with Crippen molar-refractivity contribution in [1.82, 2.24) is 0 Å². The maximum atomic E-state index is 12.9. The molecule has 0 radical (unpaired) electrons. The van der Waals surface area contributed by atoms with Crippen LogP contribution in [0, 0.1) is 12.8 Å². The Bertz CT molecular complexity index is 839. The molecule has 1 saturated carbocycles. The molecule has 0 spiro atoms. The molecule has 27 heavy (non-hydrogen) atoms. The Hall–Kier alpha value is -2.10. The summed E-state index contributed by atoms with van der Waals surface area (Å²) in [5.74, 6) is 0.0884. The number of ether oxygens (including phenoxy) is 2. The van der Waals surface area contributed by atoms with Crippen LogP contribution in [0.4, 0.5) is 0 Å². The number of Topliss-reactive ketones (excluding diaryl/α,β-unsaturated/α-hetero) is 1. The Balaban J connectivity index is 1.39. The SMILES string of the molecule is Cc1ccc(COC2CCC3C(=O)C(c4ccc(Cl)cc4)=COC3C2)cc1. The summed E-state index contributed by atoms with van der Waals surface area (Å²) in [6.45, 7) is 2.68. The molecule has 1 heterocycles. The van der Waals surface area contributed by atoms with Gasteiger partial charge < -0.3 is 9.47 Å². The number of aryl methyl sites for hydroxylation is 1. The van der Waals surface area contributed by atoms with Crippen molar-refractivity contribution in [2.24, 2.45) is 5.92 Å². The van der Waals surface area contributed by atoms with Gasteiger partial charge >= 0.3 is 0 Å². The fourth-order valence-electron chi connectivity index (χ4n) is 3.85. The molecule has 1 aliphatic carbocycles. The summed E-state index contributed by atoms with van der Waals surface area (Å²) in [5.41, 5.74) is 3.93. The van der Waals surface area contributed by atoms with Gasteiger partial charge in [-0.25, -0.2) is 0 Å². The van der Waals surface area contributed by atoms with E-state index in [-0.39, 0.29) is 23.9 Å². The van der Waals surface area contributed by atoms with E-state index < -0.39 is 0 Å². The molecule has 4 rings (SSSR count). The lowest BCUT2D eigenvalue weighted by molar-refractivity contribution is -0.128. The predicted molar refractivity (Wildman–Crippen MR) is 106 cm³/mol. The average Bonchev–Trinajstić information content (AvgIpc) is 2.69. The van der Waals surface area contributed by atoms with Crippen molar-refractivity contribution in [3.63, 3.8) is 0 Å². The van der Waals surface area contributed by atoms with Crippen LogP contribution in [0.5, 0.6) is 0 Å². The summed E-state index contributed by atoms with van der Waals surface area (Å²) in [6, 6.07) is 15.7. The van der Waals surface area contributed by atoms with E-state index in [0.29, 0.717) is 17.2 Å². The van der Waals surface area contributed by atoms with Crippen LogP contribution in [-0.4, -0.2) is 18.0 Å². The third kappa shape index (κ3) is 4.10. The quantitative estimate of drug-likeness (QED) is 0.715. The number of carbonyl (C=O) groups excluding carboxylic acids is 1. The minimum absolute atomic E-state index is 0.0834. The highest BCUT2D eigenvalue weighted by atomic mass is 35.5. The van der Waals surface area contributed by atoms with E-state index in [1.54, 1.807) is 18.4 Å². The van der Waals surface area contributed by atoms with Crippen LogP contribution in [0.3, 0.4) is 0 Å². The van der Waals surface area contributed by atoms with E-state index in [2.05, 4.69) is 31.2 Å². The fourth-order valence-corrected chi connectivity index (χ4v) is 3.97. The number of fused-ring (bicyclic) bond motifs is 1. The summed E-state index contributed by atoms with van der Waals surface area (Å²) < 4.78 is 12.0. The third-order valence-corrected chi connectivity index (χ3v) is 5.72. The third-order valence-electron chi connectivity index (χ3n) is 5.47. The molecule has 140 valence electrons. The van der Waals surface area contributed by atoms with Crippen molar-refractivity contribution in [2.75, 3.05) is 0 Å². The number of hydrogen-bond donors (Lipinski definition) is 0. The summed E-state index contributed by atoms with van der Waals surface area (Å²) in [4.78, 5) is 12.9. The lowest BCUT2D eigenvalue weighted by Gasteiger charge is -2.37. The average molecular weight is 383 g/mol. The van der Waals surface area contributed by atoms with Crippen LogP contribution < -0.4 is 0 Å². The number of rotatable bonds is 4. The Morgan fingerprint density at radius 3 is 2.56 bits per heavy atom. The maximum absolute atomic E-state index is 12.9. The lowest BCUT2D eigenvalue weighted by Crippen LogP contribution is -2.41. The number of carbonyl (C=O) groups is 1. The van der Waals surface area contributed by atoms with Crippen LogP contribution in [0.1, 0.15) is 36.0 Å². The largest absolute Gasteiger partial charge is 0.496 e. The molecule has 3 unspecified atom stereocenters. The molecular formula is C23H23ClO3. The van der Waals surface area contributed by atoms with Crippen molar-refractivity contribution in [2.45, 2.75) is 45.0 Å². The summed E-state index contributed by atoms with van der Waals surface area (Å²) in [6.07, 6.45) is 4.10. The fraction of sp³-hybridized carbons (Fsp3) is 0.348. The van der Waals surface area contributed by atoms with E-state index in [9.17, 15) is 4.79 Å². The topological polar surface area (TPSA) is 35.5 Å². The van der Waals surface area contributed by atoms with Crippen LogP contribution in [0.2, 0.25) is 5.02 Å². The lowest BCUT2D eigenvalue weighted by atomic mass is 9.78. The first kappa shape index (κ1) is 18.3. The molecular weight excluding hydrogens is 360 g/mol. The van der Waals surface area contributed by atoms with Crippen molar-refractivity contribution >= 4 is 23.0 Å². The summed E-state index contributed by atoms with van der Waals surface area (Å²) in [5, 5.41) is 0.660. The van der Waals surface area contributed by atoms with Gasteiger partial charge in [-0.2, -0.15) is 0 Å². The normalized spacial score (nSPS) is 24.7. The van der Waals surface area contributed by atoms with Crippen molar-refractivity contribution in [1.29, 1.82) is 0 Å². The van der Waals surface area contributed by atoms with Crippen molar-refractivity contribution < 1.29 is 14.3 Å². The molecule has 0 aromatic heterocycles. The zero-order valence-electron chi connectivity index (χ0n) is 15.4. The summed E-state index contributed by atoms with van der Waals surface area (Å²) in [7, 11) is 0. The van der Waals surface area contributed by atoms with Gasteiger partial charge in [-0.1, -0.05) is 53.6 Å². The molecule has 0 bridgehead atoms. The van der Waals surface area contributed by atoms with Gasteiger partial charge in [0.25, 0.3) is 0 Å². The zero-order valence-corrected chi connectivity index (χ0v) is 16.1. The van der Waals surface area contributed by atoms with E-state index in [4.69, 9.17) is 21.1 Å². The van der Waals surface area contributed by atoms with Gasteiger partial charge in [0.1, 0.15) is 6.10 Å². The second-order valence-electron chi connectivity index (χ2n) is 7.42. The van der Waals surface area contributed by atoms with Gasteiger partial charge in [0.15, 0.2) is 5.78 Å². The molecule has 1 aliphatic heterocycles. The van der Waals surface area contributed by atoms with Gasteiger partial charge in [-0.3, -0.25) is 4.79 Å². The molecule has 4 heteroatoms. The molecule has 2 aliphatic rings. The molecule has 0 amide bonds. The van der Waals surface area contributed by atoms with Gasteiger partial charge in [-0.15, -0.1) is 0 Å². The van der Waals surface area contributed by atoms with E-state index in [0.717, 1.165) is 24.8 Å². The van der Waals surface area contributed by atoms with E-state index >= 15 is 0 Å². The second-order valence-corrected chi connectivity index (χ2v) is 7.85. The minimum atomic E-state index is -0.0923. The standard InChI is InChI=1S/C23H23ClO3/c1-15-2-4-16(5-3-15)13-26-19-10-11-20-22(12-19)27-14-21(23(20)25)17-6-8-18(24)9-7-17/h2-9,14,19-20,22H,10-13H2,1H3. The number of halogens is 1. The molecule has 0 saturated heterocycles. The van der Waals surface area contributed by atoms with Gasteiger partial charge in [-0.05, 0) is 43.0 Å². The molecule has 3 atom stereocenters. The first-order valence-corrected chi connectivity index (χ1v) is 9.81. The second kappa shape index (κ2) is 7.87. The number of benzene rings is 2.